The van der Waals surface area contributed by atoms with Crippen LogP contribution >= 0.6 is 11.6 Å². The summed E-state index contributed by atoms with van der Waals surface area (Å²) < 4.78 is 1.95. The molecule has 3 nitrogen and oxygen atoms in total. The van der Waals surface area contributed by atoms with E-state index in [9.17, 15) is 10.1 Å². The molecule has 0 aromatic heterocycles. The number of rotatable bonds is 4. The van der Waals surface area contributed by atoms with E-state index in [0.717, 1.165) is 9.49 Å². The van der Waals surface area contributed by atoms with Crippen molar-refractivity contribution in [3.63, 3.8) is 0 Å². The van der Waals surface area contributed by atoms with Crippen LogP contribution in [-0.2, 0) is 0 Å². The summed E-state index contributed by atoms with van der Waals surface area (Å²) in [5, 5.41) is 10.5. The van der Waals surface area contributed by atoms with Gasteiger partial charge in [-0.05, 0) is 0 Å². The van der Waals surface area contributed by atoms with Crippen LogP contribution in [0.4, 0.5) is 5.69 Å². The third kappa shape index (κ3) is 4.21. The zero-order chi connectivity index (χ0) is 13.7. The second kappa shape index (κ2) is 6.53. The molecule has 0 aliphatic rings. The molecule has 0 aliphatic heterocycles. The van der Waals surface area contributed by atoms with Gasteiger partial charge in [0.15, 0.2) is 0 Å². The Hall–Kier alpha value is -1.61. The Morgan fingerprint density at radius 1 is 1.11 bits per heavy atom. The van der Waals surface area contributed by atoms with E-state index in [1.54, 1.807) is 12.1 Å². The molecule has 5 heteroatoms. The van der Waals surface area contributed by atoms with E-state index in [4.69, 9.17) is 11.6 Å². The second-order valence-electron chi connectivity index (χ2n) is 3.71. The monoisotopic (exact) mass is 339 g/mol. The zero-order valence-electron chi connectivity index (χ0n) is 9.82. The fourth-order valence-corrected chi connectivity index (χ4v) is 3.54. The average molecular weight is 339 g/mol. The minimum absolute atomic E-state index is 0.0601. The Morgan fingerprint density at radius 3 is 2.32 bits per heavy atom. The predicted octanol–water partition coefficient (Wildman–Crippen LogP) is 3.16. The van der Waals surface area contributed by atoms with Gasteiger partial charge in [0.1, 0.15) is 0 Å². The SMILES string of the molecule is O=[N+]([O-])c1ccc(/C=C(/Cl)[Se]c2ccccc2)cc1. The molecular formula is C14H10ClNO2Se. The van der Waals surface area contributed by atoms with E-state index < -0.39 is 4.92 Å². The van der Waals surface area contributed by atoms with Crippen LogP contribution in [0.5, 0.6) is 0 Å². The van der Waals surface area contributed by atoms with Crippen molar-refractivity contribution in [3.8, 4) is 0 Å². The normalized spacial score (nSPS) is 11.3. The number of nitro benzene ring substituents is 1. The molecule has 0 N–H and O–H groups in total. The molecule has 0 saturated heterocycles. The zero-order valence-corrected chi connectivity index (χ0v) is 12.3. The van der Waals surface area contributed by atoms with Crippen molar-refractivity contribution in [1.82, 2.24) is 0 Å². The number of halogens is 1. The van der Waals surface area contributed by atoms with Crippen molar-refractivity contribution in [2.75, 3.05) is 0 Å². The molecule has 0 unspecified atom stereocenters. The first-order valence-electron chi connectivity index (χ1n) is 5.50. The Balaban J connectivity index is 2.10. The molecule has 96 valence electrons. The molecular weight excluding hydrogens is 329 g/mol. The molecule has 0 heterocycles. The number of benzene rings is 2. The summed E-state index contributed by atoms with van der Waals surface area (Å²) in [6, 6.07) is 16.3. The summed E-state index contributed by atoms with van der Waals surface area (Å²) in [6.45, 7) is 0. The second-order valence-corrected chi connectivity index (χ2v) is 6.97. The van der Waals surface area contributed by atoms with Crippen molar-refractivity contribution < 1.29 is 4.92 Å². The molecule has 0 bridgehead atoms. The van der Waals surface area contributed by atoms with Crippen molar-refractivity contribution in [1.29, 1.82) is 0 Å². The van der Waals surface area contributed by atoms with E-state index >= 15 is 0 Å². The van der Waals surface area contributed by atoms with Gasteiger partial charge in [0.25, 0.3) is 0 Å². The van der Waals surface area contributed by atoms with Gasteiger partial charge in [0.2, 0.25) is 0 Å². The fourth-order valence-electron chi connectivity index (χ4n) is 1.45. The maximum absolute atomic E-state index is 10.5. The van der Waals surface area contributed by atoms with Gasteiger partial charge in [0, 0.05) is 0 Å². The number of hydrogen-bond acceptors (Lipinski definition) is 2. The molecule has 0 saturated carbocycles. The number of hydrogen-bond donors (Lipinski definition) is 0. The van der Waals surface area contributed by atoms with Crippen molar-refractivity contribution in [3.05, 3.63) is 74.2 Å². The topological polar surface area (TPSA) is 43.1 Å². The first-order chi connectivity index (χ1) is 9.15. The van der Waals surface area contributed by atoms with Gasteiger partial charge in [-0.2, -0.15) is 0 Å². The van der Waals surface area contributed by atoms with Gasteiger partial charge >= 0.3 is 122 Å². The molecule has 0 atom stereocenters. The van der Waals surface area contributed by atoms with Crippen molar-refractivity contribution in [2.24, 2.45) is 0 Å². The van der Waals surface area contributed by atoms with Crippen LogP contribution < -0.4 is 4.46 Å². The van der Waals surface area contributed by atoms with Crippen LogP contribution in [0.25, 0.3) is 6.08 Å². The van der Waals surface area contributed by atoms with Gasteiger partial charge in [-0.1, -0.05) is 0 Å². The molecule has 0 aliphatic carbocycles. The van der Waals surface area contributed by atoms with Crippen LogP contribution in [0.3, 0.4) is 0 Å². The molecule has 2 aromatic carbocycles. The number of non-ortho nitro benzene ring substituents is 1. The van der Waals surface area contributed by atoms with Gasteiger partial charge in [0.05, 0.1) is 0 Å². The summed E-state index contributed by atoms with van der Waals surface area (Å²) in [7, 11) is 0. The van der Waals surface area contributed by atoms with Crippen LogP contribution in [0.1, 0.15) is 5.56 Å². The molecule has 2 aromatic rings. The van der Waals surface area contributed by atoms with E-state index in [1.807, 2.05) is 36.4 Å². The van der Waals surface area contributed by atoms with E-state index in [-0.39, 0.29) is 20.6 Å². The Bertz CT molecular complexity index is 597. The standard InChI is InChI=1S/C14H10ClNO2Se/c15-14(19-13-4-2-1-3-5-13)10-11-6-8-12(9-7-11)16(17)18/h1-10H/b14-10-. The third-order valence-electron chi connectivity index (χ3n) is 2.34. The summed E-state index contributed by atoms with van der Waals surface area (Å²) in [6.07, 6.45) is 1.85. The number of nitrogens with zero attached hydrogens (tertiary/aromatic N) is 1. The van der Waals surface area contributed by atoms with Crippen molar-refractivity contribution >= 4 is 42.8 Å². The summed E-state index contributed by atoms with van der Waals surface area (Å²) in [5.74, 6) is 0. The van der Waals surface area contributed by atoms with Crippen LogP contribution in [0, 0.1) is 10.1 Å². The minimum atomic E-state index is -0.414. The third-order valence-corrected chi connectivity index (χ3v) is 4.57. The maximum atomic E-state index is 10.5. The Morgan fingerprint density at radius 2 is 1.74 bits per heavy atom. The Kier molecular flexibility index (Phi) is 4.74. The molecule has 0 radical (unpaired) electrons. The first kappa shape index (κ1) is 13.8. The first-order valence-corrected chi connectivity index (χ1v) is 7.59. The molecule has 0 amide bonds. The van der Waals surface area contributed by atoms with Gasteiger partial charge in [-0.25, -0.2) is 0 Å². The van der Waals surface area contributed by atoms with Crippen LogP contribution in [-0.4, -0.2) is 19.9 Å². The van der Waals surface area contributed by atoms with Gasteiger partial charge in [-0.15, -0.1) is 0 Å². The summed E-state index contributed by atoms with van der Waals surface area (Å²) in [4.78, 5) is 10.1. The number of nitro groups is 1. The molecule has 19 heavy (non-hydrogen) atoms. The quantitative estimate of drug-likeness (QED) is 0.488. The van der Waals surface area contributed by atoms with Crippen LogP contribution in [0.2, 0.25) is 0 Å². The van der Waals surface area contributed by atoms with Gasteiger partial charge < -0.3 is 0 Å². The van der Waals surface area contributed by atoms with Crippen molar-refractivity contribution in [2.45, 2.75) is 0 Å². The van der Waals surface area contributed by atoms with Crippen LogP contribution in [0.15, 0.2) is 58.5 Å². The fraction of sp³-hybridized carbons (Fsp3) is 0. The predicted molar refractivity (Wildman–Crippen MR) is 78.8 cm³/mol. The van der Waals surface area contributed by atoms with E-state index in [2.05, 4.69) is 0 Å². The van der Waals surface area contributed by atoms with Gasteiger partial charge in [-0.3, -0.25) is 0 Å². The molecule has 0 spiro atoms. The van der Waals surface area contributed by atoms with E-state index in [0.29, 0.717) is 0 Å². The summed E-state index contributed by atoms with van der Waals surface area (Å²) in [5.41, 5.74) is 0.954. The molecule has 0 fully saturated rings. The van der Waals surface area contributed by atoms with E-state index in [1.165, 1.54) is 16.6 Å². The summed E-state index contributed by atoms with van der Waals surface area (Å²) >= 11 is 6.27. The molecule has 2 rings (SSSR count). The average Bonchev–Trinajstić information content (AvgIpc) is 2.40. The Labute approximate surface area is 122 Å².